The highest BCUT2D eigenvalue weighted by Crippen LogP contribution is 2.05. The Balaban J connectivity index is -0.000000245. The highest BCUT2D eigenvalue weighted by molar-refractivity contribution is 5.14. The largest absolute Gasteiger partial charge is 0.258 e. The summed E-state index contributed by atoms with van der Waals surface area (Å²) >= 11 is 0. The predicted molar refractivity (Wildman–Crippen MR) is 72.4 cm³/mol. The van der Waals surface area contributed by atoms with Crippen LogP contribution in [0.15, 0.2) is 12.3 Å². The standard InChI is InChI=1S/C8H10FN.3C2H6/c1-3-8-7(9)4-6(2)5-10-8;3*1-2/h4-5H,3H2,1-2H3;3*1-2H3. The zero-order valence-corrected chi connectivity index (χ0v) is 12.2. The fourth-order valence-electron chi connectivity index (χ4n) is 0.822. The molecule has 1 heterocycles. The number of pyridine rings is 1. The van der Waals surface area contributed by atoms with Crippen molar-refractivity contribution in [2.24, 2.45) is 0 Å². The Morgan fingerprint density at radius 2 is 1.50 bits per heavy atom. The molecule has 2 heteroatoms. The molecule has 1 rings (SSSR count). The van der Waals surface area contributed by atoms with Gasteiger partial charge in [0.05, 0.1) is 5.69 Å². The Morgan fingerprint density at radius 1 is 1.06 bits per heavy atom. The molecule has 0 saturated heterocycles. The molecule has 0 unspecified atom stereocenters. The first-order chi connectivity index (χ1) is 7.74. The van der Waals surface area contributed by atoms with Crippen molar-refractivity contribution < 1.29 is 4.39 Å². The summed E-state index contributed by atoms with van der Waals surface area (Å²) in [6.07, 6.45) is 2.34. The summed E-state index contributed by atoms with van der Waals surface area (Å²) in [5.74, 6) is -0.192. The Labute approximate surface area is 101 Å². The number of rotatable bonds is 1. The maximum Gasteiger partial charge on any atom is 0.144 e. The molecule has 0 aliphatic carbocycles. The summed E-state index contributed by atoms with van der Waals surface area (Å²) in [6.45, 7) is 15.7. The van der Waals surface area contributed by atoms with Crippen molar-refractivity contribution >= 4 is 0 Å². The van der Waals surface area contributed by atoms with E-state index >= 15 is 0 Å². The van der Waals surface area contributed by atoms with Crippen molar-refractivity contribution in [3.63, 3.8) is 0 Å². The van der Waals surface area contributed by atoms with Crippen LogP contribution in [0.3, 0.4) is 0 Å². The molecule has 0 spiro atoms. The van der Waals surface area contributed by atoms with Gasteiger partial charge in [-0.3, -0.25) is 4.98 Å². The zero-order chi connectivity index (χ0) is 13.6. The molecule has 16 heavy (non-hydrogen) atoms. The van der Waals surface area contributed by atoms with E-state index in [1.54, 1.807) is 6.20 Å². The van der Waals surface area contributed by atoms with E-state index in [0.29, 0.717) is 12.1 Å². The second kappa shape index (κ2) is 16.5. The average Bonchev–Trinajstić information content (AvgIpc) is 2.37. The summed E-state index contributed by atoms with van der Waals surface area (Å²) in [6, 6.07) is 1.51. The van der Waals surface area contributed by atoms with Gasteiger partial charge < -0.3 is 0 Å². The molecule has 96 valence electrons. The van der Waals surface area contributed by atoms with Crippen LogP contribution in [0.2, 0.25) is 0 Å². The van der Waals surface area contributed by atoms with Gasteiger partial charge >= 0.3 is 0 Å². The maximum atomic E-state index is 12.8. The summed E-state index contributed by atoms with van der Waals surface area (Å²) in [5.41, 5.74) is 1.42. The third-order valence-electron chi connectivity index (χ3n) is 1.39. The van der Waals surface area contributed by atoms with Gasteiger partial charge in [-0.05, 0) is 25.0 Å². The van der Waals surface area contributed by atoms with Crippen LogP contribution in [0.5, 0.6) is 0 Å². The monoisotopic (exact) mass is 229 g/mol. The van der Waals surface area contributed by atoms with Crippen LogP contribution in [-0.4, -0.2) is 4.98 Å². The van der Waals surface area contributed by atoms with Gasteiger partial charge in [-0.15, -0.1) is 0 Å². The molecule has 0 aliphatic heterocycles. The number of nitrogens with zero attached hydrogens (tertiary/aromatic N) is 1. The average molecular weight is 229 g/mol. The van der Waals surface area contributed by atoms with E-state index in [1.165, 1.54) is 6.07 Å². The fourth-order valence-corrected chi connectivity index (χ4v) is 0.822. The molecular weight excluding hydrogens is 201 g/mol. The van der Waals surface area contributed by atoms with Crippen LogP contribution in [-0.2, 0) is 6.42 Å². The van der Waals surface area contributed by atoms with E-state index in [2.05, 4.69) is 4.98 Å². The molecule has 1 nitrogen and oxygen atoms in total. The Morgan fingerprint density at radius 3 is 1.81 bits per heavy atom. The van der Waals surface area contributed by atoms with E-state index in [9.17, 15) is 4.39 Å². The van der Waals surface area contributed by atoms with E-state index in [0.717, 1.165) is 5.56 Å². The number of hydrogen-bond donors (Lipinski definition) is 0. The topological polar surface area (TPSA) is 12.9 Å². The summed E-state index contributed by atoms with van der Waals surface area (Å²) in [7, 11) is 0. The molecule has 1 aromatic rings. The fraction of sp³-hybridized carbons (Fsp3) is 0.643. The van der Waals surface area contributed by atoms with Crippen molar-refractivity contribution in [3.8, 4) is 0 Å². The van der Waals surface area contributed by atoms with Gasteiger partial charge in [0.15, 0.2) is 0 Å². The van der Waals surface area contributed by atoms with Gasteiger partial charge in [-0.2, -0.15) is 0 Å². The molecular formula is C14H28FN. The van der Waals surface area contributed by atoms with Gasteiger partial charge in [0, 0.05) is 6.20 Å². The molecule has 0 aliphatic rings. The minimum Gasteiger partial charge on any atom is -0.258 e. The SMILES string of the molecule is CC.CC.CC.CCc1ncc(C)cc1F. The van der Waals surface area contributed by atoms with Crippen molar-refractivity contribution in [2.75, 3.05) is 0 Å². The predicted octanol–water partition coefficient (Wildman–Crippen LogP) is 5.17. The highest BCUT2D eigenvalue weighted by Gasteiger charge is 1.99. The molecule has 0 N–H and O–H groups in total. The van der Waals surface area contributed by atoms with Crippen LogP contribution < -0.4 is 0 Å². The van der Waals surface area contributed by atoms with Gasteiger partial charge in [0.1, 0.15) is 5.82 Å². The van der Waals surface area contributed by atoms with Crippen LogP contribution in [0, 0.1) is 12.7 Å². The van der Waals surface area contributed by atoms with E-state index in [1.807, 2.05) is 55.4 Å². The van der Waals surface area contributed by atoms with E-state index in [-0.39, 0.29) is 5.82 Å². The lowest BCUT2D eigenvalue weighted by molar-refractivity contribution is 0.600. The summed E-state index contributed by atoms with van der Waals surface area (Å²) < 4.78 is 12.8. The van der Waals surface area contributed by atoms with Gasteiger partial charge in [0.25, 0.3) is 0 Å². The molecule has 0 radical (unpaired) electrons. The number of halogens is 1. The Bertz CT molecular complexity index is 234. The molecule has 0 saturated carbocycles. The zero-order valence-electron chi connectivity index (χ0n) is 12.2. The summed E-state index contributed by atoms with van der Waals surface area (Å²) in [5, 5.41) is 0. The normalized spacial score (nSPS) is 7.31. The number of aromatic nitrogens is 1. The first kappa shape index (κ1) is 20.5. The first-order valence-electron chi connectivity index (χ1n) is 6.35. The quantitative estimate of drug-likeness (QED) is 0.647. The smallest absolute Gasteiger partial charge is 0.144 e. The summed E-state index contributed by atoms with van der Waals surface area (Å²) in [4.78, 5) is 3.92. The van der Waals surface area contributed by atoms with Crippen LogP contribution in [0.1, 0.15) is 59.7 Å². The van der Waals surface area contributed by atoms with Crippen molar-refractivity contribution in [1.29, 1.82) is 0 Å². The third kappa shape index (κ3) is 9.63. The minimum absolute atomic E-state index is 0.192. The molecule has 0 aromatic carbocycles. The van der Waals surface area contributed by atoms with Crippen LogP contribution in [0.4, 0.5) is 4.39 Å². The van der Waals surface area contributed by atoms with Crippen molar-refractivity contribution in [2.45, 2.75) is 61.8 Å². The van der Waals surface area contributed by atoms with E-state index in [4.69, 9.17) is 0 Å². The Kier molecular flexibility index (Phi) is 21.1. The van der Waals surface area contributed by atoms with E-state index < -0.39 is 0 Å². The maximum absolute atomic E-state index is 12.8. The Hall–Kier alpha value is -0.920. The molecule has 0 atom stereocenters. The lowest BCUT2D eigenvalue weighted by Crippen LogP contribution is -1.92. The number of aryl methyl sites for hydroxylation is 2. The molecule has 0 bridgehead atoms. The van der Waals surface area contributed by atoms with Gasteiger partial charge in [-0.25, -0.2) is 4.39 Å². The second-order valence-electron chi connectivity index (χ2n) is 2.29. The number of hydrogen-bond acceptors (Lipinski definition) is 1. The molecule has 0 amide bonds. The lowest BCUT2D eigenvalue weighted by atomic mass is 10.2. The van der Waals surface area contributed by atoms with Crippen LogP contribution in [0.25, 0.3) is 0 Å². The first-order valence-corrected chi connectivity index (χ1v) is 6.35. The van der Waals surface area contributed by atoms with Crippen LogP contribution >= 0.6 is 0 Å². The minimum atomic E-state index is -0.192. The molecule has 1 aromatic heterocycles. The van der Waals surface area contributed by atoms with Crippen molar-refractivity contribution in [3.05, 3.63) is 29.3 Å². The second-order valence-corrected chi connectivity index (χ2v) is 2.29. The van der Waals surface area contributed by atoms with Gasteiger partial charge in [0.2, 0.25) is 0 Å². The lowest BCUT2D eigenvalue weighted by Gasteiger charge is -1.97. The van der Waals surface area contributed by atoms with Gasteiger partial charge in [-0.1, -0.05) is 48.5 Å². The highest BCUT2D eigenvalue weighted by atomic mass is 19.1. The van der Waals surface area contributed by atoms with Crippen molar-refractivity contribution in [1.82, 2.24) is 4.98 Å². The third-order valence-corrected chi connectivity index (χ3v) is 1.39. The molecule has 0 fully saturated rings.